The summed E-state index contributed by atoms with van der Waals surface area (Å²) < 4.78 is 23.4. The molecule has 1 aliphatic heterocycles. The predicted molar refractivity (Wildman–Crippen MR) is 148 cm³/mol. The molecule has 0 fully saturated rings. The van der Waals surface area contributed by atoms with Crippen molar-refractivity contribution in [3.63, 3.8) is 0 Å². The molecule has 39 heavy (non-hydrogen) atoms. The first-order chi connectivity index (χ1) is 19.0. The van der Waals surface area contributed by atoms with Crippen LogP contribution in [0.5, 0.6) is 17.2 Å². The first-order valence-corrected chi connectivity index (χ1v) is 12.6. The highest BCUT2D eigenvalue weighted by Crippen LogP contribution is 2.38. The molecule has 6 nitrogen and oxygen atoms in total. The number of carbonyl (C=O) groups excluding carboxylic acids is 2. The van der Waals surface area contributed by atoms with Crippen molar-refractivity contribution in [3.8, 4) is 28.6 Å². The second-order valence-corrected chi connectivity index (χ2v) is 9.16. The van der Waals surface area contributed by atoms with Gasteiger partial charge in [0.1, 0.15) is 34.2 Å². The van der Waals surface area contributed by atoms with Crippen molar-refractivity contribution >= 4 is 28.8 Å². The quantitative estimate of drug-likeness (QED) is 0.131. The van der Waals surface area contributed by atoms with E-state index in [1.165, 1.54) is 0 Å². The fourth-order valence-electron chi connectivity index (χ4n) is 4.53. The van der Waals surface area contributed by atoms with Crippen molar-refractivity contribution in [2.75, 3.05) is 6.61 Å². The minimum atomic E-state index is -0.596. The normalized spacial score (nSPS) is 13.4. The number of ether oxygens (including phenoxy) is 3. The molecule has 0 spiro atoms. The Hall–Kier alpha value is -5.10. The van der Waals surface area contributed by atoms with Gasteiger partial charge in [0.25, 0.3) is 0 Å². The molecule has 0 amide bonds. The monoisotopic (exact) mass is 516 g/mol. The van der Waals surface area contributed by atoms with E-state index >= 15 is 0 Å². The van der Waals surface area contributed by atoms with Crippen molar-refractivity contribution in [2.45, 2.75) is 13.8 Å². The van der Waals surface area contributed by atoms with Crippen LogP contribution in [-0.4, -0.2) is 18.4 Å². The van der Waals surface area contributed by atoms with Crippen LogP contribution in [0, 0.1) is 6.92 Å². The summed E-state index contributed by atoms with van der Waals surface area (Å²) in [7, 11) is 0. The fraction of sp³-hybridized carbons (Fsp3) is 0.0909. The van der Waals surface area contributed by atoms with E-state index < -0.39 is 5.97 Å². The maximum absolute atomic E-state index is 13.6. The number of fused-ring (bicyclic) bond motifs is 2. The second-order valence-electron chi connectivity index (χ2n) is 9.16. The van der Waals surface area contributed by atoms with Gasteiger partial charge in [-0.25, -0.2) is 4.79 Å². The first kappa shape index (κ1) is 24.2. The standard InChI is InChI=1S/C33H24O6/c1-3-36-23-14-16-27-26(18-23)30(32(39-27)22-7-5-4-6-8-22)33(35)37-24-13-15-25-28(19-24)38-29(31(25)34)17-21-11-9-20(2)10-12-21/h4-19H,3H2,1-2H3/b29-17-. The Balaban J connectivity index is 1.33. The van der Waals surface area contributed by atoms with Crippen LogP contribution in [0.15, 0.2) is 101 Å². The van der Waals surface area contributed by atoms with Gasteiger partial charge in [-0.3, -0.25) is 4.79 Å². The Bertz CT molecular complexity index is 1740. The zero-order valence-corrected chi connectivity index (χ0v) is 21.4. The maximum Gasteiger partial charge on any atom is 0.348 e. The molecule has 0 bridgehead atoms. The van der Waals surface area contributed by atoms with E-state index in [4.69, 9.17) is 18.6 Å². The summed E-state index contributed by atoms with van der Waals surface area (Å²) in [4.78, 5) is 26.5. The number of esters is 1. The third-order valence-corrected chi connectivity index (χ3v) is 6.44. The Kier molecular flexibility index (Phi) is 6.21. The average molecular weight is 517 g/mol. The summed E-state index contributed by atoms with van der Waals surface area (Å²) in [5, 5.41) is 0.584. The zero-order chi connectivity index (χ0) is 26.9. The van der Waals surface area contributed by atoms with Gasteiger partial charge in [-0.15, -0.1) is 0 Å². The molecule has 6 rings (SSSR count). The van der Waals surface area contributed by atoms with Crippen molar-refractivity contribution in [2.24, 2.45) is 0 Å². The number of hydrogen-bond acceptors (Lipinski definition) is 6. The molecule has 6 heteroatoms. The van der Waals surface area contributed by atoms with Gasteiger partial charge in [0.05, 0.1) is 12.2 Å². The molecule has 0 N–H and O–H groups in total. The third-order valence-electron chi connectivity index (χ3n) is 6.44. The summed E-state index contributed by atoms with van der Waals surface area (Å²) in [5.74, 6) is 1.00. The highest BCUT2D eigenvalue weighted by Gasteiger charge is 2.29. The number of allylic oxidation sites excluding steroid dienone is 1. The lowest BCUT2D eigenvalue weighted by Gasteiger charge is -2.07. The van der Waals surface area contributed by atoms with Gasteiger partial charge in [0, 0.05) is 17.0 Å². The molecule has 0 saturated carbocycles. The number of benzene rings is 4. The van der Waals surface area contributed by atoms with Crippen molar-refractivity contribution in [3.05, 3.63) is 119 Å². The highest BCUT2D eigenvalue weighted by atomic mass is 16.5. The Morgan fingerprint density at radius 3 is 2.44 bits per heavy atom. The zero-order valence-electron chi connectivity index (χ0n) is 21.4. The van der Waals surface area contributed by atoms with Gasteiger partial charge < -0.3 is 18.6 Å². The van der Waals surface area contributed by atoms with E-state index in [-0.39, 0.29) is 22.9 Å². The van der Waals surface area contributed by atoms with Gasteiger partial charge in [-0.2, -0.15) is 0 Å². The molecular formula is C33H24O6. The fourth-order valence-corrected chi connectivity index (χ4v) is 4.53. The lowest BCUT2D eigenvalue weighted by Crippen LogP contribution is -2.09. The number of aryl methyl sites for hydroxylation is 1. The van der Waals surface area contributed by atoms with Crippen molar-refractivity contribution < 1.29 is 28.2 Å². The molecule has 4 aromatic carbocycles. The molecule has 0 aliphatic carbocycles. The van der Waals surface area contributed by atoms with E-state index in [1.54, 1.807) is 42.5 Å². The Morgan fingerprint density at radius 2 is 1.67 bits per heavy atom. The van der Waals surface area contributed by atoms with Gasteiger partial charge in [0.15, 0.2) is 5.76 Å². The predicted octanol–water partition coefficient (Wildman–Crippen LogP) is 7.64. The van der Waals surface area contributed by atoms with Crippen LogP contribution in [0.4, 0.5) is 0 Å². The number of Topliss-reactive ketones (excluding diaryl/α,β-unsaturated/α-hetero) is 1. The van der Waals surface area contributed by atoms with Gasteiger partial charge in [-0.05, 0) is 55.8 Å². The molecule has 2 heterocycles. The minimum absolute atomic E-state index is 0.216. The molecule has 0 atom stereocenters. The van der Waals surface area contributed by atoms with Gasteiger partial charge >= 0.3 is 5.97 Å². The van der Waals surface area contributed by atoms with Crippen LogP contribution in [0.2, 0.25) is 0 Å². The third kappa shape index (κ3) is 4.68. The molecule has 0 unspecified atom stereocenters. The number of carbonyl (C=O) groups is 2. The summed E-state index contributed by atoms with van der Waals surface area (Å²) in [5.41, 5.74) is 3.96. The number of rotatable bonds is 6. The summed E-state index contributed by atoms with van der Waals surface area (Å²) in [6.45, 7) is 4.38. The lowest BCUT2D eigenvalue weighted by atomic mass is 10.1. The molecule has 5 aromatic rings. The van der Waals surface area contributed by atoms with E-state index in [9.17, 15) is 9.59 Å². The number of furan rings is 1. The van der Waals surface area contributed by atoms with Crippen LogP contribution in [0.1, 0.15) is 38.8 Å². The summed E-state index contributed by atoms with van der Waals surface area (Å²) in [6, 6.07) is 27.3. The summed E-state index contributed by atoms with van der Waals surface area (Å²) in [6.07, 6.45) is 1.70. The van der Waals surface area contributed by atoms with Crippen LogP contribution in [0.25, 0.3) is 28.4 Å². The lowest BCUT2D eigenvalue weighted by molar-refractivity contribution is 0.0736. The Labute approximate surface area is 225 Å². The minimum Gasteiger partial charge on any atom is -0.494 e. The highest BCUT2D eigenvalue weighted by molar-refractivity contribution is 6.15. The number of hydrogen-bond donors (Lipinski definition) is 0. The molecule has 0 radical (unpaired) electrons. The Morgan fingerprint density at radius 1 is 0.897 bits per heavy atom. The first-order valence-electron chi connectivity index (χ1n) is 12.6. The maximum atomic E-state index is 13.6. The van der Waals surface area contributed by atoms with Crippen LogP contribution >= 0.6 is 0 Å². The SMILES string of the molecule is CCOc1ccc2oc(-c3ccccc3)c(C(=O)Oc3ccc4c(c3)O/C(=C\c3ccc(C)cc3)C4=O)c2c1. The molecular weight excluding hydrogens is 492 g/mol. The van der Waals surface area contributed by atoms with Gasteiger partial charge in [-0.1, -0.05) is 60.2 Å². The second kappa shape index (κ2) is 9.99. The van der Waals surface area contributed by atoms with E-state index in [0.717, 1.165) is 16.7 Å². The van der Waals surface area contributed by atoms with Crippen LogP contribution in [0.3, 0.4) is 0 Å². The van der Waals surface area contributed by atoms with Crippen molar-refractivity contribution in [1.29, 1.82) is 0 Å². The van der Waals surface area contributed by atoms with Gasteiger partial charge in [0.2, 0.25) is 5.78 Å². The average Bonchev–Trinajstić information content (AvgIpc) is 3.47. The molecule has 1 aromatic heterocycles. The molecule has 0 saturated heterocycles. The largest absolute Gasteiger partial charge is 0.494 e. The molecule has 192 valence electrons. The van der Waals surface area contributed by atoms with E-state index in [2.05, 4.69) is 0 Å². The van der Waals surface area contributed by atoms with Crippen molar-refractivity contribution in [1.82, 2.24) is 0 Å². The molecule has 1 aliphatic rings. The van der Waals surface area contributed by atoms with Crippen LogP contribution in [-0.2, 0) is 0 Å². The van der Waals surface area contributed by atoms with E-state index in [0.29, 0.717) is 40.4 Å². The summed E-state index contributed by atoms with van der Waals surface area (Å²) >= 11 is 0. The smallest absolute Gasteiger partial charge is 0.348 e. The number of ketones is 1. The van der Waals surface area contributed by atoms with Crippen LogP contribution < -0.4 is 14.2 Å². The topological polar surface area (TPSA) is 75.0 Å². The van der Waals surface area contributed by atoms with E-state index in [1.807, 2.05) is 68.4 Å².